The van der Waals surface area contributed by atoms with E-state index >= 15 is 0 Å². The van der Waals surface area contributed by atoms with Gasteiger partial charge in [0.1, 0.15) is 0 Å². The molecule has 1 nitrogen and oxygen atoms in total. The molecule has 0 aromatic heterocycles. The molecule has 0 saturated heterocycles. The van der Waals surface area contributed by atoms with Crippen LogP contribution in [0.15, 0.2) is 55.6 Å². The molecule has 0 amide bonds. The number of benzene rings is 1. The van der Waals surface area contributed by atoms with Gasteiger partial charge in [0.25, 0.3) is 0 Å². The molecule has 0 radical (unpaired) electrons. The van der Waals surface area contributed by atoms with Gasteiger partial charge >= 0.3 is 0 Å². The molecule has 0 unspecified atom stereocenters. The second-order valence-corrected chi connectivity index (χ2v) is 4.20. The Morgan fingerprint density at radius 2 is 1.65 bits per heavy atom. The van der Waals surface area contributed by atoms with Crippen molar-refractivity contribution in [1.29, 1.82) is 0 Å². The number of ether oxygens (including phenoxy) is 1. The quantitative estimate of drug-likeness (QED) is 0.668. The number of rotatable bonds is 5. The van der Waals surface area contributed by atoms with Gasteiger partial charge in [-0.25, -0.2) is 0 Å². The van der Waals surface area contributed by atoms with Crippen molar-refractivity contribution in [3.8, 4) is 0 Å². The minimum absolute atomic E-state index is 0.155. The van der Waals surface area contributed by atoms with Gasteiger partial charge < -0.3 is 4.74 Å². The minimum atomic E-state index is -0.155. The van der Waals surface area contributed by atoms with Crippen LogP contribution in [-0.2, 0) is 10.3 Å². The molecule has 0 heterocycles. The number of hydrogen-bond acceptors (Lipinski definition) is 1. The van der Waals surface area contributed by atoms with Crippen LogP contribution in [0.4, 0.5) is 0 Å². The highest BCUT2D eigenvalue weighted by molar-refractivity contribution is 5.20. The van der Waals surface area contributed by atoms with E-state index in [0.29, 0.717) is 0 Å². The predicted molar refractivity (Wildman–Crippen MR) is 76.1 cm³/mol. The first-order valence-electron chi connectivity index (χ1n) is 6.01. The molecule has 0 fully saturated rings. The molecule has 0 saturated carbocycles. The zero-order chi connectivity index (χ0) is 13.1. The van der Waals surface area contributed by atoms with Crippen LogP contribution in [0.25, 0.3) is 0 Å². The van der Waals surface area contributed by atoms with Gasteiger partial charge in [-0.05, 0) is 25.8 Å². The second kappa shape index (κ2) is 8.77. The molecular weight excluding hydrogens is 208 g/mol. The van der Waals surface area contributed by atoms with E-state index in [4.69, 9.17) is 4.74 Å². The Labute approximate surface area is 106 Å². The minimum Gasteiger partial charge on any atom is -0.371 e. The summed E-state index contributed by atoms with van der Waals surface area (Å²) in [5.74, 6) is 0. The Kier molecular flexibility index (Phi) is 8.08. The van der Waals surface area contributed by atoms with Crippen LogP contribution in [0.1, 0.15) is 32.8 Å². The summed E-state index contributed by atoms with van der Waals surface area (Å²) in [4.78, 5) is 0. The van der Waals surface area contributed by atoms with Crippen molar-refractivity contribution in [2.75, 3.05) is 6.61 Å². The molecule has 0 spiro atoms. The zero-order valence-corrected chi connectivity index (χ0v) is 11.3. The standard InChI is InChI=1S/C12H18O.C4H6/c1-4-10-13-12(2,3)11-8-6-5-7-9-11;1-3-4-2/h5-9H,4,10H2,1-3H3;3-4H,1-2H2. The lowest BCUT2D eigenvalue weighted by molar-refractivity contribution is -0.0212. The summed E-state index contributed by atoms with van der Waals surface area (Å²) in [6.45, 7) is 13.9. The van der Waals surface area contributed by atoms with E-state index in [1.54, 1.807) is 12.2 Å². The van der Waals surface area contributed by atoms with E-state index in [2.05, 4.69) is 46.1 Å². The SMILES string of the molecule is C=CC=C.CCCOC(C)(C)c1ccccc1. The fraction of sp³-hybridized carbons (Fsp3) is 0.375. The lowest BCUT2D eigenvalue weighted by Crippen LogP contribution is -2.21. The maximum absolute atomic E-state index is 5.76. The average molecular weight is 232 g/mol. The summed E-state index contributed by atoms with van der Waals surface area (Å²) in [5, 5.41) is 0. The molecule has 94 valence electrons. The van der Waals surface area contributed by atoms with E-state index in [9.17, 15) is 0 Å². The molecular formula is C16H24O. The normalized spacial score (nSPS) is 10.1. The fourth-order valence-electron chi connectivity index (χ4n) is 1.28. The maximum Gasteiger partial charge on any atom is 0.0875 e. The van der Waals surface area contributed by atoms with Crippen molar-refractivity contribution in [2.45, 2.75) is 32.8 Å². The number of allylic oxidation sites excluding steroid dienone is 2. The molecule has 1 heteroatoms. The van der Waals surface area contributed by atoms with E-state index in [1.165, 1.54) is 5.56 Å². The van der Waals surface area contributed by atoms with Gasteiger partial charge in [-0.2, -0.15) is 0 Å². The lowest BCUT2D eigenvalue weighted by atomic mass is 9.98. The van der Waals surface area contributed by atoms with Crippen LogP contribution in [0, 0.1) is 0 Å². The third kappa shape index (κ3) is 6.75. The molecule has 0 atom stereocenters. The van der Waals surface area contributed by atoms with Crippen LogP contribution >= 0.6 is 0 Å². The first-order valence-corrected chi connectivity index (χ1v) is 6.01. The van der Waals surface area contributed by atoms with Gasteiger partial charge in [0.2, 0.25) is 0 Å². The lowest BCUT2D eigenvalue weighted by Gasteiger charge is -2.25. The molecule has 17 heavy (non-hydrogen) atoms. The van der Waals surface area contributed by atoms with Crippen molar-refractivity contribution in [2.24, 2.45) is 0 Å². The highest BCUT2D eigenvalue weighted by Crippen LogP contribution is 2.24. The van der Waals surface area contributed by atoms with E-state index < -0.39 is 0 Å². The number of hydrogen-bond donors (Lipinski definition) is 0. The van der Waals surface area contributed by atoms with Crippen molar-refractivity contribution in [1.82, 2.24) is 0 Å². The maximum atomic E-state index is 5.76. The van der Waals surface area contributed by atoms with Crippen LogP contribution in [0.2, 0.25) is 0 Å². The van der Waals surface area contributed by atoms with E-state index in [1.807, 2.05) is 18.2 Å². The summed E-state index contributed by atoms with van der Waals surface area (Å²) in [7, 11) is 0. The second-order valence-electron chi connectivity index (χ2n) is 4.20. The Morgan fingerprint density at radius 1 is 1.12 bits per heavy atom. The van der Waals surface area contributed by atoms with Gasteiger partial charge in [0.15, 0.2) is 0 Å². The monoisotopic (exact) mass is 232 g/mol. The Balaban J connectivity index is 0.000000557. The third-order valence-electron chi connectivity index (χ3n) is 2.30. The van der Waals surface area contributed by atoms with Crippen molar-refractivity contribution in [3.63, 3.8) is 0 Å². The molecule has 0 aliphatic heterocycles. The summed E-state index contributed by atoms with van der Waals surface area (Å²) < 4.78 is 5.76. The molecule has 0 bridgehead atoms. The summed E-state index contributed by atoms with van der Waals surface area (Å²) in [5.41, 5.74) is 1.08. The highest BCUT2D eigenvalue weighted by Gasteiger charge is 2.19. The first-order chi connectivity index (χ1) is 8.08. The fourth-order valence-corrected chi connectivity index (χ4v) is 1.28. The zero-order valence-electron chi connectivity index (χ0n) is 11.3. The van der Waals surface area contributed by atoms with Crippen molar-refractivity contribution < 1.29 is 4.74 Å². The van der Waals surface area contributed by atoms with E-state index in [-0.39, 0.29) is 5.60 Å². The van der Waals surface area contributed by atoms with Gasteiger partial charge in [-0.15, -0.1) is 0 Å². The summed E-state index contributed by atoms with van der Waals surface area (Å²) in [6.07, 6.45) is 4.34. The highest BCUT2D eigenvalue weighted by atomic mass is 16.5. The van der Waals surface area contributed by atoms with Crippen LogP contribution in [0.3, 0.4) is 0 Å². The van der Waals surface area contributed by atoms with Gasteiger partial charge in [0.05, 0.1) is 5.60 Å². The Bertz CT molecular complexity index is 306. The third-order valence-corrected chi connectivity index (χ3v) is 2.30. The smallest absolute Gasteiger partial charge is 0.0875 e. The van der Waals surface area contributed by atoms with Gasteiger partial charge in [0, 0.05) is 6.61 Å². The first kappa shape index (κ1) is 15.7. The largest absolute Gasteiger partial charge is 0.371 e. The summed E-state index contributed by atoms with van der Waals surface area (Å²) >= 11 is 0. The van der Waals surface area contributed by atoms with Crippen LogP contribution in [0.5, 0.6) is 0 Å². The molecule has 1 rings (SSSR count). The van der Waals surface area contributed by atoms with Gasteiger partial charge in [-0.3, -0.25) is 0 Å². The molecule has 0 aliphatic rings. The van der Waals surface area contributed by atoms with Crippen LogP contribution in [-0.4, -0.2) is 6.61 Å². The molecule has 0 N–H and O–H groups in total. The average Bonchev–Trinajstić information content (AvgIpc) is 2.38. The Hall–Kier alpha value is -1.34. The van der Waals surface area contributed by atoms with E-state index in [0.717, 1.165) is 13.0 Å². The summed E-state index contributed by atoms with van der Waals surface area (Å²) in [6, 6.07) is 10.3. The van der Waals surface area contributed by atoms with Crippen molar-refractivity contribution in [3.05, 3.63) is 61.2 Å². The predicted octanol–water partition coefficient (Wildman–Crippen LogP) is 4.71. The van der Waals surface area contributed by atoms with Gasteiger partial charge in [-0.1, -0.05) is 62.6 Å². The van der Waals surface area contributed by atoms with Crippen molar-refractivity contribution >= 4 is 0 Å². The Morgan fingerprint density at radius 3 is 2.06 bits per heavy atom. The molecule has 0 aliphatic carbocycles. The molecule has 1 aromatic rings. The van der Waals surface area contributed by atoms with Crippen LogP contribution < -0.4 is 0 Å². The topological polar surface area (TPSA) is 9.23 Å². The molecule has 1 aromatic carbocycles.